The van der Waals surface area contributed by atoms with Crippen molar-refractivity contribution in [2.24, 2.45) is 0 Å². The summed E-state index contributed by atoms with van der Waals surface area (Å²) in [5.74, 6) is 0. The first-order valence-corrected chi connectivity index (χ1v) is 9.90. The highest BCUT2D eigenvalue weighted by Crippen LogP contribution is 2.31. The normalized spacial score (nSPS) is 32.6. The molecule has 4 nitrogen and oxygen atoms in total. The molecule has 3 aliphatic rings. The molecular weight excluding hydrogens is 286 g/mol. The predicted octanol–water partition coefficient (Wildman–Crippen LogP) is 2.43. The lowest BCUT2D eigenvalue weighted by Crippen LogP contribution is -2.57. The Labute approximate surface area is 143 Å². The van der Waals surface area contributed by atoms with Crippen LogP contribution < -0.4 is 0 Å². The van der Waals surface area contributed by atoms with Crippen molar-refractivity contribution < 1.29 is 4.74 Å². The zero-order valence-electron chi connectivity index (χ0n) is 15.7. The van der Waals surface area contributed by atoms with Crippen LogP contribution in [0.25, 0.3) is 0 Å². The van der Waals surface area contributed by atoms with Crippen molar-refractivity contribution in [1.29, 1.82) is 0 Å². The lowest BCUT2D eigenvalue weighted by molar-refractivity contribution is -0.109. The monoisotopic (exact) mass is 323 g/mol. The van der Waals surface area contributed by atoms with Crippen LogP contribution in [0.5, 0.6) is 0 Å². The molecule has 0 aromatic rings. The number of nitrogens with zero attached hydrogens (tertiary/aromatic N) is 3. The van der Waals surface area contributed by atoms with Crippen LogP contribution in [0.3, 0.4) is 0 Å². The van der Waals surface area contributed by atoms with Crippen molar-refractivity contribution in [3.63, 3.8) is 0 Å². The molecule has 0 radical (unpaired) electrons. The van der Waals surface area contributed by atoms with Crippen molar-refractivity contribution in [2.75, 3.05) is 39.3 Å². The summed E-state index contributed by atoms with van der Waals surface area (Å²) in [6, 6.07) is 2.19. The lowest BCUT2D eigenvalue weighted by Gasteiger charge is -2.48. The summed E-state index contributed by atoms with van der Waals surface area (Å²) >= 11 is 0. The van der Waals surface area contributed by atoms with Gasteiger partial charge in [0.15, 0.2) is 0 Å². The number of hydrogen-bond donors (Lipinski definition) is 0. The van der Waals surface area contributed by atoms with Crippen LogP contribution >= 0.6 is 0 Å². The average Bonchev–Trinajstić information content (AvgIpc) is 2.51. The molecule has 0 aromatic carbocycles. The van der Waals surface area contributed by atoms with Crippen LogP contribution in [0.2, 0.25) is 0 Å². The molecule has 0 N–H and O–H groups in total. The van der Waals surface area contributed by atoms with E-state index in [0.717, 1.165) is 6.04 Å². The summed E-state index contributed by atoms with van der Waals surface area (Å²) in [7, 11) is 0. The van der Waals surface area contributed by atoms with Crippen molar-refractivity contribution >= 4 is 0 Å². The van der Waals surface area contributed by atoms with Gasteiger partial charge in [0.2, 0.25) is 0 Å². The molecule has 2 heterocycles. The Bertz CT molecular complexity index is 352. The van der Waals surface area contributed by atoms with Gasteiger partial charge < -0.3 is 9.64 Å². The molecule has 134 valence electrons. The average molecular weight is 324 g/mol. The van der Waals surface area contributed by atoms with Gasteiger partial charge in [-0.3, -0.25) is 9.80 Å². The molecule has 0 amide bonds. The summed E-state index contributed by atoms with van der Waals surface area (Å²) in [5, 5.41) is 0. The number of rotatable bonds is 5. The molecule has 3 fully saturated rings. The quantitative estimate of drug-likeness (QED) is 0.773. The van der Waals surface area contributed by atoms with Gasteiger partial charge in [-0.25, -0.2) is 0 Å². The van der Waals surface area contributed by atoms with Crippen molar-refractivity contribution in [3.8, 4) is 0 Å². The fourth-order valence-corrected chi connectivity index (χ4v) is 4.37. The second kappa shape index (κ2) is 7.81. The highest BCUT2D eigenvalue weighted by atomic mass is 16.5. The number of piperazine rings is 1. The third kappa shape index (κ3) is 4.47. The minimum absolute atomic E-state index is 0.522. The molecule has 0 bridgehead atoms. The maximum absolute atomic E-state index is 6.37. The largest absolute Gasteiger partial charge is 0.375 e. The van der Waals surface area contributed by atoms with E-state index in [1.165, 1.54) is 65.0 Å². The molecule has 0 aromatic heterocycles. The molecule has 3 rings (SSSR count). The Hall–Kier alpha value is -0.160. The first kappa shape index (κ1) is 17.7. The SMILES string of the molecule is CC(C)N1CCC(OC2CC(N3CCN(C(C)C)CC3)C2)CC1. The van der Waals surface area contributed by atoms with E-state index in [-0.39, 0.29) is 0 Å². The highest BCUT2D eigenvalue weighted by Gasteiger charge is 2.37. The van der Waals surface area contributed by atoms with Gasteiger partial charge in [0.05, 0.1) is 12.2 Å². The van der Waals surface area contributed by atoms with E-state index in [1.807, 2.05) is 0 Å². The minimum atomic E-state index is 0.522. The zero-order chi connectivity index (χ0) is 16.4. The van der Waals surface area contributed by atoms with Gasteiger partial charge in [0, 0.05) is 57.4 Å². The highest BCUT2D eigenvalue weighted by molar-refractivity contribution is 4.91. The molecular formula is C19H37N3O. The maximum Gasteiger partial charge on any atom is 0.0608 e. The van der Waals surface area contributed by atoms with E-state index >= 15 is 0 Å². The van der Waals surface area contributed by atoms with Gasteiger partial charge in [-0.15, -0.1) is 0 Å². The Morgan fingerprint density at radius 1 is 0.696 bits per heavy atom. The fraction of sp³-hybridized carbons (Fsp3) is 1.00. The number of piperidine rings is 1. The van der Waals surface area contributed by atoms with Gasteiger partial charge >= 0.3 is 0 Å². The van der Waals surface area contributed by atoms with Crippen LogP contribution in [-0.2, 0) is 4.74 Å². The van der Waals surface area contributed by atoms with E-state index in [9.17, 15) is 0 Å². The second-order valence-corrected chi connectivity index (χ2v) is 8.38. The molecule has 0 unspecified atom stereocenters. The summed E-state index contributed by atoms with van der Waals surface area (Å²) in [6.07, 6.45) is 6.06. The Balaban J connectivity index is 1.31. The second-order valence-electron chi connectivity index (χ2n) is 8.38. The van der Waals surface area contributed by atoms with E-state index in [4.69, 9.17) is 4.74 Å². The minimum Gasteiger partial charge on any atom is -0.375 e. The van der Waals surface area contributed by atoms with Gasteiger partial charge in [-0.05, 0) is 53.4 Å². The van der Waals surface area contributed by atoms with Crippen LogP contribution in [-0.4, -0.2) is 84.3 Å². The van der Waals surface area contributed by atoms with E-state index in [0.29, 0.717) is 24.3 Å². The molecule has 4 heteroatoms. The smallest absolute Gasteiger partial charge is 0.0608 e. The van der Waals surface area contributed by atoms with Gasteiger partial charge in [0.1, 0.15) is 0 Å². The third-order valence-corrected chi connectivity index (χ3v) is 6.26. The summed E-state index contributed by atoms with van der Waals surface area (Å²) < 4.78 is 6.37. The Morgan fingerprint density at radius 3 is 1.74 bits per heavy atom. The zero-order valence-corrected chi connectivity index (χ0v) is 15.7. The number of likely N-dealkylation sites (tertiary alicyclic amines) is 1. The summed E-state index contributed by atoms with van der Waals surface area (Å²) in [5.41, 5.74) is 0. The van der Waals surface area contributed by atoms with Crippen LogP contribution in [0.15, 0.2) is 0 Å². The number of hydrogen-bond acceptors (Lipinski definition) is 4. The molecule has 23 heavy (non-hydrogen) atoms. The Kier molecular flexibility index (Phi) is 6.00. The van der Waals surface area contributed by atoms with E-state index in [1.54, 1.807) is 0 Å². The van der Waals surface area contributed by atoms with Crippen molar-refractivity contribution in [1.82, 2.24) is 14.7 Å². The standard InChI is InChI=1S/C19H37N3O/c1-15(2)20-7-5-18(6-8-20)23-19-13-17(14-19)22-11-9-21(10-12-22)16(3)4/h15-19H,5-14H2,1-4H3. The molecule has 0 atom stereocenters. The van der Waals surface area contributed by atoms with Crippen molar-refractivity contribution in [2.45, 2.75) is 83.7 Å². The molecule has 1 aliphatic carbocycles. The van der Waals surface area contributed by atoms with Crippen LogP contribution in [0.4, 0.5) is 0 Å². The maximum atomic E-state index is 6.37. The van der Waals surface area contributed by atoms with Gasteiger partial charge in [-0.2, -0.15) is 0 Å². The van der Waals surface area contributed by atoms with Crippen LogP contribution in [0, 0.1) is 0 Å². The lowest BCUT2D eigenvalue weighted by atomic mass is 9.87. The Morgan fingerprint density at radius 2 is 1.22 bits per heavy atom. The molecule has 2 aliphatic heterocycles. The van der Waals surface area contributed by atoms with E-state index in [2.05, 4.69) is 42.4 Å². The topological polar surface area (TPSA) is 19.0 Å². The van der Waals surface area contributed by atoms with E-state index < -0.39 is 0 Å². The van der Waals surface area contributed by atoms with Gasteiger partial charge in [0.25, 0.3) is 0 Å². The number of ether oxygens (including phenoxy) is 1. The van der Waals surface area contributed by atoms with Crippen molar-refractivity contribution in [3.05, 3.63) is 0 Å². The first-order valence-electron chi connectivity index (χ1n) is 9.90. The molecule has 1 saturated carbocycles. The first-order chi connectivity index (χ1) is 11.0. The molecule has 2 saturated heterocycles. The van der Waals surface area contributed by atoms with Gasteiger partial charge in [-0.1, -0.05) is 0 Å². The predicted molar refractivity (Wildman–Crippen MR) is 95.9 cm³/mol. The summed E-state index contributed by atoms with van der Waals surface area (Å²) in [6.45, 7) is 16.7. The van der Waals surface area contributed by atoms with Crippen LogP contribution in [0.1, 0.15) is 53.4 Å². The third-order valence-electron chi connectivity index (χ3n) is 6.26. The fourth-order valence-electron chi connectivity index (χ4n) is 4.37. The summed E-state index contributed by atoms with van der Waals surface area (Å²) in [4.78, 5) is 7.89. The molecule has 0 spiro atoms.